The van der Waals surface area contributed by atoms with Crippen LogP contribution in [0.2, 0.25) is 0 Å². The first-order valence-electron chi connectivity index (χ1n) is 7.82. The SMILES string of the molecule is CC(C)(COc1cccc2c1C=NS(=O)(=O)N2)NC(=O)c1cccnc1. The number of hydrogen-bond acceptors (Lipinski definition) is 5. The smallest absolute Gasteiger partial charge is 0.342 e. The van der Waals surface area contributed by atoms with Gasteiger partial charge in [-0.15, -0.1) is 0 Å². The van der Waals surface area contributed by atoms with Gasteiger partial charge in [-0.2, -0.15) is 12.8 Å². The number of benzene rings is 1. The average Bonchev–Trinajstić information content (AvgIpc) is 2.59. The second-order valence-electron chi connectivity index (χ2n) is 6.40. The highest BCUT2D eigenvalue weighted by atomic mass is 32.2. The number of aromatic nitrogens is 1. The van der Waals surface area contributed by atoms with Crippen LogP contribution in [0.4, 0.5) is 5.69 Å². The number of nitrogens with one attached hydrogen (secondary N) is 2. The van der Waals surface area contributed by atoms with E-state index in [4.69, 9.17) is 4.74 Å². The lowest BCUT2D eigenvalue weighted by molar-refractivity contribution is 0.0880. The lowest BCUT2D eigenvalue weighted by Gasteiger charge is -2.27. The molecule has 0 spiro atoms. The van der Waals surface area contributed by atoms with Gasteiger partial charge in [-0.3, -0.25) is 14.5 Å². The number of anilines is 1. The summed E-state index contributed by atoms with van der Waals surface area (Å²) in [7, 11) is -3.70. The van der Waals surface area contributed by atoms with Crippen molar-refractivity contribution in [2.24, 2.45) is 4.40 Å². The summed E-state index contributed by atoms with van der Waals surface area (Å²) in [6, 6.07) is 8.38. The van der Waals surface area contributed by atoms with Gasteiger partial charge in [0.15, 0.2) is 0 Å². The van der Waals surface area contributed by atoms with Crippen molar-refractivity contribution in [2.45, 2.75) is 19.4 Å². The molecule has 0 radical (unpaired) electrons. The summed E-state index contributed by atoms with van der Waals surface area (Å²) in [5.74, 6) is 0.216. The predicted octanol–water partition coefficient (Wildman–Crippen LogP) is 1.76. The molecule has 0 aliphatic carbocycles. The molecule has 136 valence electrons. The van der Waals surface area contributed by atoms with E-state index in [2.05, 4.69) is 19.4 Å². The summed E-state index contributed by atoms with van der Waals surface area (Å²) < 4.78 is 34.6. The van der Waals surface area contributed by atoms with Crippen LogP contribution in [0, 0.1) is 0 Å². The zero-order chi connectivity index (χ0) is 18.8. The van der Waals surface area contributed by atoms with Crippen molar-refractivity contribution in [3.8, 4) is 5.75 Å². The maximum Gasteiger partial charge on any atom is 0.342 e. The van der Waals surface area contributed by atoms with Crippen LogP contribution >= 0.6 is 0 Å². The number of carbonyl (C=O) groups excluding carboxylic acids is 1. The molecule has 2 aromatic rings. The summed E-state index contributed by atoms with van der Waals surface area (Å²) in [5.41, 5.74) is 0.728. The molecular formula is C17H18N4O4S. The number of nitrogens with zero attached hydrogens (tertiary/aromatic N) is 2. The van der Waals surface area contributed by atoms with Crippen molar-refractivity contribution in [3.63, 3.8) is 0 Å². The number of ether oxygens (including phenoxy) is 1. The molecule has 0 bridgehead atoms. The lowest BCUT2D eigenvalue weighted by Crippen LogP contribution is -2.47. The number of fused-ring (bicyclic) bond motifs is 1. The second-order valence-corrected chi connectivity index (χ2v) is 7.76. The van der Waals surface area contributed by atoms with Crippen LogP contribution in [-0.4, -0.2) is 37.7 Å². The molecule has 2 heterocycles. The molecule has 1 amide bonds. The van der Waals surface area contributed by atoms with Crippen molar-refractivity contribution in [2.75, 3.05) is 11.3 Å². The summed E-state index contributed by atoms with van der Waals surface area (Å²) in [4.78, 5) is 16.2. The number of hydrogen-bond donors (Lipinski definition) is 2. The minimum Gasteiger partial charge on any atom is -0.490 e. The molecule has 0 unspecified atom stereocenters. The van der Waals surface area contributed by atoms with Crippen molar-refractivity contribution in [1.82, 2.24) is 10.3 Å². The Morgan fingerprint density at radius 3 is 2.81 bits per heavy atom. The Labute approximate surface area is 151 Å². The normalized spacial score (nSPS) is 14.8. The van der Waals surface area contributed by atoms with E-state index in [1.807, 2.05) is 13.8 Å². The van der Waals surface area contributed by atoms with Crippen LogP contribution in [0.25, 0.3) is 0 Å². The van der Waals surface area contributed by atoms with Gasteiger partial charge in [-0.25, -0.2) is 0 Å². The Balaban J connectivity index is 1.70. The molecule has 2 N–H and O–H groups in total. The molecular weight excluding hydrogens is 356 g/mol. The van der Waals surface area contributed by atoms with E-state index in [0.29, 0.717) is 22.6 Å². The first-order valence-corrected chi connectivity index (χ1v) is 9.26. The molecule has 1 aliphatic heterocycles. The quantitative estimate of drug-likeness (QED) is 0.829. The van der Waals surface area contributed by atoms with E-state index in [1.165, 1.54) is 12.4 Å². The monoisotopic (exact) mass is 374 g/mol. The van der Waals surface area contributed by atoms with Crippen molar-refractivity contribution in [1.29, 1.82) is 0 Å². The van der Waals surface area contributed by atoms with Crippen molar-refractivity contribution < 1.29 is 17.9 Å². The predicted molar refractivity (Wildman–Crippen MR) is 97.9 cm³/mol. The maximum absolute atomic E-state index is 12.3. The summed E-state index contributed by atoms with van der Waals surface area (Å²) in [5, 5.41) is 2.89. The Morgan fingerprint density at radius 2 is 2.08 bits per heavy atom. The molecule has 0 atom stereocenters. The van der Waals surface area contributed by atoms with Gasteiger partial charge in [-0.1, -0.05) is 6.07 Å². The molecule has 9 heteroatoms. The molecule has 3 rings (SSSR count). The van der Waals surface area contributed by atoms with Crippen LogP contribution in [-0.2, 0) is 10.2 Å². The average molecular weight is 374 g/mol. The van der Waals surface area contributed by atoms with Gasteiger partial charge in [0, 0.05) is 12.4 Å². The Kier molecular flexibility index (Phi) is 4.64. The van der Waals surface area contributed by atoms with Crippen LogP contribution in [0.3, 0.4) is 0 Å². The van der Waals surface area contributed by atoms with Gasteiger partial charge in [0.2, 0.25) is 0 Å². The number of carbonyl (C=O) groups is 1. The topological polar surface area (TPSA) is 110 Å². The van der Waals surface area contributed by atoms with E-state index in [-0.39, 0.29) is 12.5 Å². The van der Waals surface area contributed by atoms with Crippen LogP contribution in [0.5, 0.6) is 5.75 Å². The highest BCUT2D eigenvalue weighted by Crippen LogP contribution is 2.29. The molecule has 1 aromatic heterocycles. The standard InChI is InChI=1S/C17H18N4O4S/c1-17(2,20-16(22)12-5-4-8-18-9-12)11-25-15-7-3-6-14-13(15)10-19-26(23,24)21-14/h3-10,21H,11H2,1-2H3,(H,20,22). The molecule has 0 saturated heterocycles. The van der Waals surface area contributed by atoms with E-state index in [1.54, 1.807) is 36.5 Å². The fraction of sp³-hybridized carbons (Fsp3) is 0.235. The molecule has 26 heavy (non-hydrogen) atoms. The molecule has 1 aromatic carbocycles. The summed E-state index contributed by atoms with van der Waals surface area (Å²) >= 11 is 0. The number of pyridine rings is 1. The third-order valence-corrected chi connectivity index (χ3v) is 4.45. The lowest BCUT2D eigenvalue weighted by atomic mass is 10.1. The van der Waals surface area contributed by atoms with Crippen LogP contribution in [0.1, 0.15) is 29.8 Å². The Morgan fingerprint density at radius 1 is 1.27 bits per heavy atom. The summed E-state index contributed by atoms with van der Waals surface area (Å²) in [6.45, 7) is 3.83. The summed E-state index contributed by atoms with van der Waals surface area (Å²) in [6.07, 6.45) is 4.33. The molecule has 0 fully saturated rings. The van der Waals surface area contributed by atoms with E-state index in [0.717, 1.165) is 0 Å². The Hall–Kier alpha value is -2.94. The number of rotatable bonds is 5. The molecule has 1 aliphatic rings. The van der Waals surface area contributed by atoms with Crippen LogP contribution < -0.4 is 14.8 Å². The zero-order valence-corrected chi connectivity index (χ0v) is 15.1. The van der Waals surface area contributed by atoms with E-state index in [9.17, 15) is 13.2 Å². The van der Waals surface area contributed by atoms with Gasteiger partial charge in [0.05, 0.1) is 28.6 Å². The van der Waals surface area contributed by atoms with Crippen LogP contribution in [0.15, 0.2) is 47.1 Å². The van der Waals surface area contributed by atoms with E-state index >= 15 is 0 Å². The highest BCUT2D eigenvalue weighted by Gasteiger charge is 2.24. The minimum atomic E-state index is -3.70. The number of amides is 1. The maximum atomic E-state index is 12.3. The van der Waals surface area contributed by atoms with Gasteiger partial charge in [0.1, 0.15) is 12.4 Å². The Bertz CT molecular complexity index is 956. The van der Waals surface area contributed by atoms with Gasteiger partial charge < -0.3 is 10.1 Å². The first-order chi connectivity index (χ1) is 12.3. The minimum absolute atomic E-state index is 0.177. The third kappa shape index (κ3) is 4.17. The van der Waals surface area contributed by atoms with Gasteiger partial charge >= 0.3 is 10.2 Å². The fourth-order valence-electron chi connectivity index (χ4n) is 2.35. The van der Waals surface area contributed by atoms with Gasteiger partial charge in [0.25, 0.3) is 5.91 Å². The highest BCUT2D eigenvalue weighted by molar-refractivity contribution is 7.91. The third-order valence-electron chi connectivity index (χ3n) is 3.59. The fourth-order valence-corrected chi connectivity index (χ4v) is 3.10. The van der Waals surface area contributed by atoms with Crippen molar-refractivity contribution in [3.05, 3.63) is 53.9 Å². The molecule has 8 nitrogen and oxygen atoms in total. The molecule has 0 saturated carbocycles. The zero-order valence-electron chi connectivity index (χ0n) is 14.3. The second kappa shape index (κ2) is 6.75. The van der Waals surface area contributed by atoms with E-state index < -0.39 is 15.7 Å². The largest absolute Gasteiger partial charge is 0.490 e. The first kappa shape index (κ1) is 17.9. The van der Waals surface area contributed by atoms with Gasteiger partial charge in [-0.05, 0) is 38.1 Å². The van der Waals surface area contributed by atoms with Crippen molar-refractivity contribution >= 4 is 28.0 Å².